The minimum Gasteiger partial charge on any atom is -0.361 e. The van der Waals surface area contributed by atoms with Gasteiger partial charge in [0.05, 0.1) is 12.5 Å². The number of hydrogen-bond donors (Lipinski definition) is 2. The molecule has 4 heteroatoms. The van der Waals surface area contributed by atoms with Crippen LogP contribution in [0.1, 0.15) is 44.2 Å². The molecule has 1 amide bonds. The van der Waals surface area contributed by atoms with Crippen molar-refractivity contribution in [3.05, 3.63) is 71.9 Å². The molecule has 4 atom stereocenters. The van der Waals surface area contributed by atoms with Crippen molar-refractivity contribution in [3.63, 3.8) is 0 Å². The summed E-state index contributed by atoms with van der Waals surface area (Å²) in [6, 6.07) is 19.0. The average molecular weight is 405 g/mol. The van der Waals surface area contributed by atoms with Gasteiger partial charge in [-0.15, -0.1) is 0 Å². The number of amides is 1. The van der Waals surface area contributed by atoms with Crippen LogP contribution in [0.3, 0.4) is 0 Å². The summed E-state index contributed by atoms with van der Waals surface area (Å²) in [5.41, 5.74) is 3.75. The molecule has 1 aliphatic heterocycles. The number of carbonyl (C=O) groups excluding carboxylic acids is 1. The summed E-state index contributed by atoms with van der Waals surface area (Å²) >= 11 is 0. The first kappa shape index (κ1) is 20.7. The Hall–Kier alpha value is -2.59. The first-order chi connectivity index (χ1) is 14.5. The van der Waals surface area contributed by atoms with Crippen molar-refractivity contribution in [2.45, 2.75) is 39.2 Å². The lowest BCUT2D eigenvalue weighted by Crippen LogP contribution is -2.92. The van der Waals surface area contributed by atoms with Gasteiger partial charge >= 0.3 is 0 Å². The number of aromatic nitrogens is 1. The lowest BCUT2D eigenvalue weighted by Gasteiger charge is -2.35. The van der Waals surface area contributed by atoms with Gasteiger partial charge in [-0.2, -0.15) is 0 Å². The molecule has 0 radical (unpaired) electrons. The molecule has 0 aliphatic carbocycles. The highest BCUT2D eigenvalue weighted by Crippen LogP contribution is 2.30. The van der Waals surface area contributed by atoms with Crippen molar-refractivity contribution >= 4 is 16.8 Å². The number of fused-ring (bicyclic) bond motifs is 1. The number of aromatic amines is 1. The smallest absolute Gasteiger partial charge is 0.280 e. The van der Waals surface area contributed by atoms with E-state index in [0.717, 1.165) is 25.2 Å². The fourth-order valence-electron chi connectivity index (χ4n) is 5.08. The SMILES string of the molecule is C[C@@H]1C[C@H](C)CN(C(=O)[C@@H](C)[NH2+]C[C@@H](c2ccccc2)c2c[nH]c3ccccc23)C1. The zero-order chi connectivity index (χ0) is 21.1. The quantitative estimate of drug-likeness (QED) is 0.646. The summed E-state index contributed by atoms with van der Waals surface area (Å²) < 4.78 is 0. The number of rotatable bonds is 6. The number of quaternary nitrogens is 1. The van der Waals surface area contributed by atoms with E-state index in [0.29, 0.717) is 11.8 Å². The molecule has 0 saturated carbocycles. The van der Waals surface area contributed by atoms with Crippen LogP contribution in [-0.4, -0.2) is 41.5 Å². The molecule has 0 bridgehead atoms. The van der Waals surface area contributed by atoms with Crippen LogP contribution in [0, 0.1) is 11.8 Å². The van der Waals surface area contributed by atoms with E-state index in [1.165, 1.54) is 22.9 Å². The molecule has 4 nitrogen and oxygen atoms in total. The number of para-hydroxylation sites is 1. The van der Waals surface area contributed by atoms with Gasteiger partial charge in [0.2, 0.25) is 0 Å². The Morgan fingerprint density at radius 1 is 1.07 bits per heavy atom. The standard InChI is InChI=1S/C26H33N3O/c1-18-13-19(2)17-29(16-18)26(30)20(3)27-14-23(21-9-5-4-6-10-21)24-15-28-25-12-8-7-11-22(24)25/h4-12,15,18-20,23,27-28H,13-14,16-17H2,1-3H3/p+1/t18-,19+,20-,23+/m1/s1. The molecule has 0 spiro atoms. The number of nitrogens with one attached hydrogen (secondary N) is 1. The second kappa shape index (κ2) is 9.05. The number of H-pyrrole nitrogens is 1. The van der Waals surface area contributed by atoms with Crippen LogP contribution in [0.2, 0.25) is 0 Å². The van der Waals surface area contributed by atoms with E-state index in [1.54, 1.807) is 0 Å². The van der Waals surface area contributed by atoms with E-state index in [4.69, 9.17) is 0 Å². The van der Waals surface area contributed by atoms with Crippen LogP contribution in [0.4, 0.5) is 0 Å². The van der Waals surface area contributed by atoms with E-state index in [-0.39, 0.29) is 17.9 Å². The predicted molar refractivity (Wildman–Crippen MR) is 122 cm³/mol. The number of hydrogen-bond acceptors (Lipinski definition) is 1. The van der Waals surface area contributed by atoms with Crippen LogP contribution in [0.5, 0.6) is 0 Å². The first-order valence-electron chi connectivity index (χ1n) is 11.3. The Morgan fingerprint density at radius 2 is 1.73 bits per heavy atom. The van der Waals surface area contributed by atoms with Crippen molar-refractivity contribution in [2.75, 3.05) is 19.6 Å². The normalized spacial score (nSPS) is 21.5. The van der Waals surface area contributed by atoms with Crippen molar-refractivity contribution in [2.24, 2.45) is 11.8 Å². The van der Waals surface area contributed by atoms with Gasteiger partial charge in [0.15, 0.2) is 6.04 Å². The average Bonchev–Trinajstić information content (AvgIpc) is 3.17. The van der Waals surface area contributed by atoms with Crippen molar-refractivity contribution in [3.8, 4) is 0 Å². The Labute approximate surface area is 179 Å². The molecule has 1 aromatic heterocycles. The maximum absolute atomic E-state index is 13.1. The number of likely N-dealkylation sites (tertiary alicyclic amines) is 1. The molecule has 4 rings (SSSR count). The summed E-state index contributed by atoms with van der Waals surface area (Å²) in [5.74, 6) is 1.69. The third kappa shape index (κ3) is 4.44. The van der Waals surface area contributed by atoms with Crippen molar-refractivity contribution in [1.82, 2.24) is 9.88 Å². The van der Waals surface area contributed by atoms with Gasteiger partial charge in [0, 0.05) is 30.2 Å². The van der Waals surface area contributed by atoms with Crippen molar-refractivity contribution in [1.29, 1.82) is 0 Å². The maximum atomic E-state index is 13.1. The summed E-state index contributed by atoms with van der Waals surface area (Å²) in [7, 11) is 0. The third-order valence-electron chi connectivity index (χ3n) is 6.49. The zero-order valence-electron chi connectivity index (χ0n) is 18.3. The number of piperidine rings is 1. The second-order valence-electron chi connectivity index (χ2n) is 9.20. The van der Waals surface area contributed by atoms with Gasteiger partial charge in [0.1, 0.15) is 0 Å². The van der Waals surface area contributed by atoms with Crippen molar-refractivity contribution < 1.29 is 10.1 Å². The summed E-state index contributed by atoms with van der Waals surface area (Å²) in [4.78, 5) is 18.6. The largest absolute Gasteiger partial charge is 0.361 e. The monoisotopic (exact) mass is 404 g/mol. The lowest BCUT2D eigenvalue weighted by molar-refractivity contribution is -0.675. The van der Waals surface area contributed by atoms with Gasteiger partial charge < -0.3 is 15.2 Å². The molecule has 1 saturated heterocycles. The predicted octanol–water partition coefficient (Wildman–Crippen LogP) is 3.76. The summed E-state index contributed by atoms with van der Waals surface area (Å²) in [6.45, 7) is 9.21. The number of benzene rings is 2. The minimum absolute atomic E-state index is 0.0704. The molecule has 30 heavy (non-hydrogen) atoms. The number of carbonyl (C=O) groups is 1. The van der Waals surface area contributed by atoms with E-state index >= 15 is 0 Å². The molecule has 1 aliphatic rings. The molecule has 1 fully saturated rings. The third-order valence-corrected chi connectivity index (χ3v) is 6.49. The fraction of sp³-hybridized carbons (Fsp3) is 0.423. The van der Waals surface area contributed by atoms with Gasteiger partial charge in [-0.1, -0.05) is 62.4 Å². The Bertz CT molecular complexity index is 970. The Morgan fingerprint density at radius 3 is 2.47 bits per heavy atom. The summed E-state index contributed by atoms with van der Waals surface area (Å²) in [6.07, 6.45) is 3.36. The number of nitrogens with zero attached hydrogens (tertiary/aromatic N) is 1. The summed E-state index contributed by atoms with van der Waals surface area (Å²) in [5, 5.41) is 3.49. The molecule has 158 valence electrons. The van der Waals surface area contributed by atoms with E-state index in [1.807, 2.05) is 0 Å². The maximum Gasteiger partial charge on any atom is 0.280 e. The minimum atomic E-state index is -0.0704. The van der Waals surface area contributed by atoms with Gasteiger partial charge in [-0.3, -0.25) is 4.79 Å². The highest BCUT2D eigenvalue weighted by molar-refractivity contribution is 5.84. The first-order valence-corrected chi connectivity index (χ1v) is 11.3. The molecular formula is C26H34N3O+. The molecular weight excluding hydrogens is 370 g/mol. The highest BCUT2D eigenvalue weighted by atomic mass is 16.2. The molecule has 2 aromatic carbocycles. The fourth-order valence-corrected chi connectivity index (χ4v) is 5.08. The Kier molecular flexibility index (Phi) is 6.24. The topological polar surface area (TPSA) is 52.7 Å². The zero-order valence-corrected chi connectivity index (χ0v) is 18.3. The molecule has 2 heterocycles. The molecule has 3 N–H and O–H groups in total. The van der Waals surface area contributed by atoms with Crippen LogP contribution >= 0.6 is 0 Å². The van der Waals surface area contributed by atoms with E-state index in [2.05, 4.69) is 96.8 Å². The molecule has 0 unspecified atom stereocenters. The van der Waals surface area contributed by atoms with E-state index < -0.39 is 0 Å². The van der Waals surface area contributed by atoms with Gasteiger partial charge in [0.25, 0.3) is 5.91 Å². The molecule has 3 aromatic rings. The number of nitrogens with two attached hydrogens (primary N) is 1. The highest BCUT2D eigenvalue weighted by Gasteiger charge is 2.30. The van der Waals surface area contributed by atoms with Gasteiger partial charge in [-0.05, 0) is 42.4 Å². The second-order valence-corrected chi connectivity index (χ2v) is 9.20. The van der Waals surface area contributed by atoms with Crippen LogP contribution in [0.15, 0.2) is 60.8 Å². The van der Waals surface area contributed by atoms with Gasteiger partial charge in [-0.25, -0.2) is 0 Å². The van der Waals surface area contributed by atoms with Crippen LogP contribution in [-0.2, 0) is 4.79 Å². The van der Waals surface area contributed by atoms with E-state index in [9.17, 15) is 4.79 Å². The Balaban J connectivity index is 1.52. The van der Waals surface area contributed by atoms with Crippen LogP contribution in [0.25, 0.3) is 10.9 Å². The lowest BCUT2D eigenvalue weighted by atomic mass is 9.90. The van der Waals surface area contributed by atoms with Crippen LogP contribution < -0.4 is 5.32 Å².